The van der Waals surface area contributed by atoms with Crippen LogP contribution in [0, 0.1) is 13.8 Å². The molecule has 1 heterocycles. The number of nitrogens with one attached hydrogen (secondary N) is 1. The third-order valence-corrected chi connectivity index (χ3v) is 5.61. The summed E-state index contributed by atoms with van der Waals surface area (Å²) in [5.41, 5.74) is 4.84. The summed E-state index contributed by atoms with van der Waals surface area (Å²) in [5.74, 6) is -0.309. The second-order valence-electron chi connectivity index (χ2n) is 6.68. The van der Waals surface area contributed by atoms with E-state index < -0.39 is 0 Å². The number of amides is 1. The van der Waals surface area contributed by atoms with E-state index in [0.717, 1.165) is 21.3 Å². The Morgan fingerprint density at radius 2 is 1.50 bits per heavy atom. The maximum Gasteiger partial charge on any atom is 0.257 e. The number of anilines is 1. The Bertz CT molecular complexity index is 1180. The number of ketones is 1. The summed E-state index contributed by atoms with van der Waals surface area (Å²) < 4.78 is 1.07. The minimum Gasteiger partial charge on any atom is -0.298 e. The van der Waals surface area contributed by atoms with Gasteiger partial charge in [-0.15, -0.1) is 0 Å². The number of benzene rings is 3. The molecule has 3 aromatic carbocycles. The van der Waals surface area contributed by atoms with Gasteiger partial charge in [-0.2, -0.15) is 0 Å². The molecule has 0 saturated carbocycles. The highest BCUT2D eigenvalue weighted by molar-refractivity contribution is 7.22. The topological polar surface area (TPSA) is 59.1 Å². The van der Waals surface area contributed by atoms with Crippen LogP contribution in [0.4, 0.5) is 5.13 Å². The lowest BCUT2D eigenvalue weighted by Gasteiger charge is -2.04. The first-order valence-corrected chi connectivity index (χ1v) is 9.72. The van der Waals surface area contributed by atoms with Crippen LogP contribution >= 0.6 is 11.3 Å². The van der Waals surface area contributed by atoms with Crippen LogP contribution in [0.25, 0.3) is 10.2 Å². The van der Waals surface area contributed by atoms with Crippen molar-refractivity contribution in [1.29, 1.82) is 0 Å². The summed E-state index contributed by atoms with van der Waals surface area (Å²) in [6.07, 6.45) is 0. The molecule has 0 fully saturated rings. The molecule has 5 heteroatoms. The molecule has 0 unspecified atom stereocenters. The Labute approximate surface area is 166 Å². The first-order chi connectivity index (χ1) is 13.5. The van der Waals surface area contributed by atoms with Crippen LogP contribution in [0.15, 0.2) is 66.7 Å². The lowest BCUT2D eigenvalue weighted by Crippen LogP contribution is -2.12. The standard InChI is InChI=1S/C23H18N2O2S/c1-14-12-15(2)21-19(13-14)24-23(28-21)25-22(27)18-10-8-17(9-11-18)20(26)16-6-4-3-5-7-16/h3-13H,1-2H3,(H,24,25,27). The number of nitrogens with zero attached hydrogens (tertiary/aromatic N) is 1. The number of hydrogen-bond donors (Lipinski definition) is 1. The zero-order valence-electron chi connectivity index (χ0n) is 15.5. The van der Waals surface area contributed by atoms with Crippen LogP contribution < -0.4 is 5.32 Å². The molecule has 0 radical (unpaired) electrons. The zero-order chi connectivity index (χ0) is 19.7. The summed E-state index contributed by atoms with van der Waals surface area (Å²) in [4.78, 5) is 29.6. The van der Waals surface area contributed by atoms with Gasteiger partial charge >= 0.3 is 0 Å². The SMILES string of the molecule is Cc1cc(C)c2sc(NC(=O)c3ccc(C(=O)c4ccccc4)cc3)nc2c1. The molecule has 138 valence electrons. The van der Waals surface area contributed by atoms with Gasteiger partial charge in [0.05, 0.1) is 10.2 Å². The predicted octanol–water partition coefficient (Wildman–Crippen LogP) is 5.40. The molecular weight excluding hydrogens is 368 g/mol. The highest BCUT2D eigenvalue weighted by Crippen LogP contribution is 2.30. The second kappa shape index (κ2) is 7.37. The molecule has 0 atom stereocenters. The molecule has 1 N–H and O–H groups in total. The van der Waals surface area contributed by atoms with E-state index in [1.54, 1.807) is 36.4 Å². The van der Waals surface area contributed by atoms with Crippen molar-refractivity contribution in [2.75, 3.05) is 5.32 Å². The Kier molecular flexibility index (Phi) is 4.75. The first kappa shape index (κ1) is 18.1. The smallest absolute Gasteiger partial charge is 0.257 e. The molecule has 0 bridgehead atoms. The van der Waals surface area contributed by atoms with Gasteiger partial charge in [0.25, 0.3) is 5.91 Å². The van der Waals surface area contributed by atoms with Crippen molar-refractivity contribution in [3.63, 3.8) is 0 Å². The Morgan fingerprint density at radius 1 is 0.857 bits per heavy atom. The molecule has 1 amide bonds. The van der Waals surface area contributed by atoms with E-state index >= 15 is 0 Å². The van der Waals surface area contributed by atoms with Gasteiger partial charge in [0.2, 0.25) is 0 Å². The molecule has 1 aromatic heterocycles. The summed E-state index contributed by atoms with van der Waals surface area (Å²) in [7, 11) is 0. The number of carbonyl (C=O) groups is 2. The average Bonchev–Trinajstić information content (AvgIpc) is 3.11. The van der Waals surface area contributed by atoms with E-state index in [-0.39, 0.29) is 11.7 Å². The minimum absolute atomic E-state index is 0.0652. The Morgan fingerprint density at radius 3 is 2.21 bits per heavy atom. The molecule has 0 aliphatic rings. The fraction of sp³-hybridized carbons (Fsp3) is 0.0870. The van der Waals surface area contributed by atoms with Crippen molar-refractivity contribution in [1.82, 2.24) is 4.98 Å². The van der Waals surface area contributed by atoms with Crippen molar-refractivity contribution in [3.8, 4) is 0 Å². The van der Waals surface area contributed by atoms with Gasteiger partial charge in [-0.05, 0) is 43.2 Å². The highest BCUT2D eigenvalue weighted by Gasteiger charge is 2.13. The third kappa shape index (κ3) is 3.57. The normalized spacial score (nSPS) is 10.8. The van der Waals surface area contributed by atoms with Gasteiger partial charge in [0.1, 0.15) is 0 Å². The maximum atomic E-state index is 12.6. The molecule has 0 saturated heterocycles. The first-order valence-electron chi connectivity index (χ1n) is 8.90. The van der Waals surface area contributed by atoms with Crippen molar-refractivity contribution < 1.29 is 9.59 Å². The van der Waals surface area contributed by atoms with E-state index in [2.05, 4.69) is 16.4 Å². The van der Waals surface area contributed by atoms with Gasteiger partial charge in [-0.1, -0.05) is 59.9 Å². The largest absolute Gasteiger partial charge is 0.298 e. The van der Waals surface area contributed by atoms with Gasteiger partial charge in [0, 0.05) is 16.7 Å². The van der Waals surface area contributed by atoms with Gasteiger partial charge in [-0.25, -0.2) is 4.98 Å². The van der Waals surface area contributed by atoms with Crippen LogP contribution in [0.3, 0.4) is 0 Å². The van der Waals surface area contributed by atoms with E-state index in [4.69, 9.17) is 0 Å². The monoisotopic (exact) mass is 386 g/mol. The molecule has 4 nitrogen and oxygen atoms in total. The van der Waals surface area contributed by atoms with Crippen molar-refractivity contribution in [3.05, 3.63) is 94.5 Å². The molecule has 0 spiro atoms. The molecule has 0 aliphatic heterocycles. The van der Waals surface area contributed by atoms with E-state index in [0.29, 0.717) is 21.8 Å². The van der Waals surface area contributed by atoms with Crippen molar-refractivity contribution >= 4 is 38.4 Å². The van der Waals surface area contributed by atoms with Gasteiger partial charge < -0.3 is 0 Å². The fourth-order valence-corrected chi connectivity index (χ4v) is 4.04. The number of aromatic nitrogens is 1. The molecule has 0 aliphatic carbocycles. The summed E-state index contributed by atoms with van der Waals surface area (Å²) in [6.45, 7) is 4.07. The second-order valence-corrected chi connectivity index (χ2v) is 7.67. The van der Waals surface area contributed by atoms with E-state index in [1.807, 2.05) is 38.1 Å². The summed E-state index contributed by atoms with van der Waals surface area (Å²) >= 11 is 1.46. The average molecular weight is 386 g/mol. The third-order valence-electron chi connectivity index (χ3n) is 4.49. The number of fused-ring (bicyclic) bond motifs is 1. The molecule has 28 heavy (non-hydrogen) atoms. The maximum absolute atomic E-state index is 12.6. The van der Waals surface area contributed by atoms with E-state index in [9.17, 15) is 9.59 Å². The van der Waals surface area contributed by atoms with Crippen LogP contribution in [-0.4, -0.2) is 16.7 Å². The van der Waals surface area contributed by atoms with Gasteiger partial charge in [0.15, 0.2) is 10.9 Å². The van der Waals surface area contributed by atoms with Crippen LogP contribution in [-0.2, 0) is 0 Å². The highest BCUT2D eigenvalue weighted by atomic mass is 32.1. The van der Waals surface area contributed by atoms with Crippen LogP contribution in [0.1, 0.15) is 37.4 Å². The van der Waals surface area contributed by atoms with Gasteiger partial charge in [-0.3, -0.25) is 14.9 Å². The number of hydrogen-bond acceptors (Lipinski definition) is 4. The molecule has 4 aromatic rings. The quantitative estimate of drug-likeness (QED) is 0.478. The van der Waals surface area contributed by atoms with E-state index in [1.165, 1.54) is 11.3 Å². The Hall–Kier alpha value is -3.31. The number of rotatable bonds is 4. The van der Waals surface area contributed by atoms with Crippen molar-refractivity contribution in [2.24, 2.45) is 0 Å². The minimum atomic E-state index is -0.243. The number of carbonyl (C=O) groups excluding carboxylic acids is 2. The summed E-state index contributed by atoms with van der Waals surface area (Å²) in [5, 5.41) is 3.43. The molecular formula is C23H18N2O2S. The number of thiazole rings is 1. The van der Waals surface area contributed by atoms with Crippen LogP contribution in [0.2, 0.25) is 0 Å². The Balaban J connectivity index is 1.52. The van der Waals surface area contributed by atoms with Crippen molar-refractivity contribution in [2.45, 2.75) is 13.8 Å². The lowest BCUT2D eigenvalue weighted by atomic mass is 10.0. The zero-order valence-corrected chi connectivity index (χ0v) is 16.3. The fourth-order valence-electron chi connectivity index (χ4n) is 3.13. The lowest BCUT2D eigenvalue weighted by molar-refractivity contribution is 0.102. The predicted molar refractivity (Wildman–Crippen MR) is 113 cm³/mol. The molecule has 4 rings (SSSR count). The number of aryl methyl sites for hydroxylation is 2. The van der Waals surface area contributed by atoms with Crippen LogP contribution in [0.5, 0.6) is 0 Å². The summed E-state index contributed by atoms with van der Waals surface area (Å²) in [6, 6.07) is 19.9.